The Morgan fingerprint density at radius 1 is 1.38 bits per heavy atom. The molecule has 2 rings (SSSR count). The molecule has 1 aromatic heterocycles. The van der Waals surface area contributed by atoms with Gasteiger partial charge >= 0.3 is 0 Å². The third-order valence-corrected chi connectivity index (χ3v) is 4.01. The zero-order valence-electron chi connectivity index (χ0n) is 12.8. The Labute approximate surface area is 134 Å². The summed E-state index contributed by atoms with van der Waals surface area (Å²) in [5, 5.41) is 0. The molecule has 1 aromatic rings. The fraction of sp³-hybridized carbons (Fsp3) is 0.600. The molecule has 6 heteroatoms. The van der Waals surface area contributed by atoms with Crippen LogP contribution < -0.4 is 0 Å². The van der Waals surface area contributed by atoms with E-state index >= 15 is 0 Å². The molecule has 0 N–H and O–H groups in total. The smallest absolute Gasteiger partial charge is 0.270 e. The van der Waals surface area contributed by atoms with E-state index in [1.54, 1.807) is 19.0 Å². The standard InChI is InChI=1S/C15H22BrN3O2/c1-4-7-18(10-14(20)17(2)3)15(21)13-8-11(16)9-19(13)12-5-6-12/h8-9,12H,4-7,10H2,1-3H3. The molecule has 1 saturated carbocycles. The van der Waals surface area contributed by atoms with Crippen LogP contribution in [0.15, 0.2) is 16.7 Å². The minimum atomic E-state index is -0.0651. The number of nitrogens with zero attached hydrogens (tertiary/aromatic N) is 3. The van der Waals surface area contributed by atoms with Gasteiger partial charge in [0.05, 0.1) is 0 Å². The van der Waals surface area contributed by atoms with E-state index in [-0.39, 0.29) is 18.4 Å². The molecule has 1 fully saturated rings. The van der Waals surface area contributed by atoms with Crippen molar-refractivity contribution in [3.63, 3.8) is 0 Å². The normalized spacial score (nSPS) is 14.1. The molecule has 0 unspecified atom stereocenters. The third-order valence-electron chi connectivity index (χ3n) is 3.58. The van der Waals surface area contributed by atoms with E-state index in [1.165, 1.54) is 4.90 Å². The monoisotopic (exact) mass is 355 g/mol. The minimum absolute atomic E-state index is 0.0552. The second-order valence-electron chi connectivity index (χ2n) is 5.70. The molecule has 0 spiro atoms. The number of amides is 2. The Hall–Kier alpha value is -1.30. The number of likely N-dealkylation sites (N-methyl/N-ethyl adjacent to an activating group) is 1. The van der Waals surface area contributed by atoms with Crippen molar-refractivity contribution < 1.29 is 9.59 Å². The maximum Gasteiger partial charge on any atom is 0.270 e. The van der Waals surface area contributed by atoms with Gasteiger partial charge in [0.25, 0.3) is 5.91 Å². The van der Waals surface area contributed by atoms with Crippen LogP contribution in [0.1, 0.15) is 42.7 Å². The van der Waals surface area contributed by atoms with Gasteiger partial charge in [0.15, 0.2) is 0 Å². The Kier molecular flexibility index (Phi) is 5.08. The Balaban J connectivity index is 2.19. The first-order valence-corrected chi connectivity index (χ1v) is 8.10. The topological polar surface area (TPSA) is 45.6 Å². The molecule has 1 aliphatic rings. The number of hydrogen-bond donors (Lipinski definition) is 0. The molecule has 116 valence electrons. The maximum absolute atomic E-state index is 12.8. The van der Waals surface area contributed by atoms with Crippen molar-refractivity contribution in [3.8, 4) is 0 Å². The van der Waals surface area contributed by atoms with Gasteiger partial charge in [0.2, 0.25) is 5.91 Å². The molecular weight excluding hydrogens is 334 g/mol. The predicted octanol–water partition coefficient (Wildman–Crippen LogP) is 2.53. The third kappa shape index (κ3) is 3.87. The van der Waals surface area contributed by atoms with E-state index in [2.05, 4.69) is 15.9 Å². The highest BCUT2D eigenvalue weighted by molar-refractivity contribution is 9.10. The summed E-state index contributed by atoms with van der Waals surface area (Å²) in [7, 11) is 3.42. The highest BCUT2D eigenvalue weighted by Crippen LogP contribution is 2.37. The van der Waals surface area contributed by atoms with Crippen LogP contribution in [0.4, 0.5) is 0 Å². The molecular formula is C15H22BrN3O2. The van der Waals surface area contributed by atoms with Crippen LogP contribution in [0.5, 0.6) is 0 Å². The van der Waals surface area contributed by atoms with Gasteiger partial charge in [-0.25, -0.2) is 0 Å². The summed E-state index contributed by atoms with van der Waals surface area (Å²) < 4.78 is 2.95. The van der Waals surface area contributed by atoms with Crippen LogP contribution in [-0.4, -0.2) is 53.4 Å². The van der Waals surface area contributed by atoms with Gasteiger partial charge < -0.3 is 14.4 Å². The second-order valence-corrected chi connectivity index (χ2v) is 6.61. The summed E-state index contributed by atoms with van der Waals surface area (Å²) in [5.74, 6) is -0.120. The summed E-state index contributed by atoms with van der Waals surface area (Å²) in [6, 6.07) is 2.28. The minimum Gasteiger partial charge on any atom is -0.347 e. The lowest BCUT2D eigenvalue weighted by Gasteiger charge is -2.24. The van der Waals surface area contributed by atoms with Crippen LogP contribution in [-0.2, 0) is 4.79 Å². The molecule has 0 atom stereocenters. The first-order chi connectivity index (χ1) is 9.93. The van der Waals surface area contributed by atoms with Crippen molar-refractivity contribution in [3.05, 3.63) is 22.4 Å². The van der Waals surface area contributed by atoms with E-state index < -0.39 is 0 Å². The first-order valence-electron chi connectivity index (χ1n) is 7.30. The van der Waals surface area contributed by atoms with Gasteiger partial charge in [-0.3, -0.25) is 9.59 Å². The van der Waals surface area contributed by atoms with Crippen molar-refractivity contribution in [2.75, 3.05) is 27.2 Å². The van der Waals surface area contributed by atoms with Crippen LogP contribution in [0.2, 0.25) is 0 Å². The largest absolute Gasteiger partial charge is 0.347 e. The van der Waals surface area contributed by atoms with E-state index in [0.717, 1.165) is 23.7 Å². The van der Waals surface area contributed by atoms with Gasteiger partial charge in [-0.05, 0) is 41.3 Å². The number of halogens is 1. The first kappa shape index (κ1) is 16.1. The number of aromatic nitrogens is 1. The molecule has 0 bridgehead atoms. The lowest BCUT2D eigenvalue weighted by molar-refractivity contribution is -0.129. The van der Waals surface area contributed by atoms with Crippen molar-refractivity contribution in [2.45, 2.75) is 32.2 Å². The molecule has 21 heavy (non-hydrogen) atoms. The van der Waals surface area contributed by atoms with E-state index in [1.807, 2.05) is 23.8 Å². The van der Waals surface area contributed by atoms with Crippen molar-refractivity contribution in [1.29, 1.82) is 0 Å². The predicted molar refractivity (Wildman–Crippen MR) is 85.3 cm³/mol. The number of rotatable bonds is 6. The fourth-order valence-corrected chi connectivity index (χ4v) is 2.70. The van der Waals surface area contributed by atoms with Gasteiger partial charge in [0.1, 0.15) is 12.2 Å². The maximum atomic E-state index is 12.8. The molecule has 5 nitrogen and oxygen atoms in total. The average molecular weight is 356 g/mol. The molecule has 2 amide bonds. The molecule has 0 aliphatic heterocycles. The van der Waals surface area contributed by atoms with E-state index in [4.69, 9.17) is 0 Å². The highest BCUT2D eigenvalue weighted by Gasteiger charge is 2.30. The summed E-state index contributed by atoms with van der Waals surface area (Å²) in [6.07, 6.45) is 5.03. The quantitative estimate of drug-likeness (QED) is 0.786. The van der Waals surface area contributed by atoms with Crippen molar-refractivity contribution >= 4 is 27.7 Å². The van der Waals surface area contributed by atoms with E-state index in [9.17, 15) is 9.59 Å². The van der Waals surface area contributed by atoms with Gasteiger partial charge in [-0.15, -0.1) is 0 Å². The summed E-state index contributed by atoms with van der Waals surface area (Å²) in [5.41, 5.74) is 0.671. The lowest BCUT2D eigenvalue weighted by atomic mass is 10.3. The Bertz CT molecular complexity index is 535. The summed E-state index contributed by atoms with van der Waals surface area (Å²) in [4.78, 5) is 27.9. The zero-order chi connectivity index (χ0) is 15.6. The number of carbonyl (C=O) groups excluding carboxylic acids is 2. The van der Waals surface area contributed by atoms with Crippen molar-refractivity contribution in [2.24, 2.45) is 0 Å². The van der Waals surface area contributed by atoms with Gasteiger partial charge in [-0.1, -0.05) is 6.92 Å². The van der Waals surface area contributed by atoms with Crippen molar-refractivity contribution in [1.82, 2.24) is 14.4 Å². The molecule has 0 radical (unpaired) electrons. The lowest BCUT2D eigenvalue weighted by Crippen LogP contribution is -2.41. The Morgan fingerprint density at radius 2 is 2.05 bits per heavy atom. The highest BCUT2D eigenvalue weighted by atomic mass is 79.9. The molecule has 0 saturated heterocycles. The number of hydrogen-bond acceptors (Lipinski definition) is 2. The van der Waals surface area contributed by atoms with Crippen LogP contribution in [0.3, 0.4) is 0 Å². The number of carbonyl (C=O) groups is 2. The van der Waals surface area contributed by atoms with Gasteiger partial charge in [0, 0.05) is 37.4 Å². The molecule has 1 aliphatic carbocycles. The summed E-state index contributed by atoms with van der Waals surface area (Å²) in [6.45, 7) is 2.73. The fourth-order valence-electron chi connectivity index (χ4n) is 2.26. The SMILES string of the molecule is CCCN(CC(=O)N(C)C)C(=O)c1cc(Br)cn1C1CC1. The van der Waals surface area contributed by atoms with Crippen LogP contribution >= 0.6 is 15.9 Å². The van der Waals surface area contributed by atoms with Crippen LogP contribution in [0, 0.1) is 0 Å². The van der Waals surface area contributed by atoms with Gasteiger partial charge in [-0.2, -0.15) is 0 Å². The summed E-state index contributed by atoms with van der Waals surface area (Å²) >= 11 is 3.44. The average Bonchev–Trinajstić information content (AvgIpc) is 3.20. The molecule has 0 aromatic carbocycles. The second kappa shape index (κ2) is 6.64. The zero-order valence-corrected chi connectivity index (χ0v) is 14.4. The Morgan fingerprint density at radius 3 is 2.57 bits per heavy atom. The molecule has 1 heterocycles. The van der Waals surface area contributed by atoms with E-state index in [0.29, 0.717) is 18.3 Å². The van der Waals surface area contributed by atoms with Crippen LogP contribution in [0.25, 0.3) is 0 Å².